The first-order valence-electron chi connectivity index (χ1n) is 4.39. The SMILES string of the molecule is C[n+]1ccc(/C=C(/C(=O)O)C(F)(F)F)cc1Cl. The van der Waals surface area contributed by atoms with Crippen molar-refractivity contribution in [2.75, 3.05) is 0 Å². The van der Waals surface area contributed by atoms with Gasteiger partial charge in [-0.25, -0.2) is 4.79 Å². The standard InChI is InChI=1S/C10H7ClF3NO2/c1-15-3-2-6(5-8(15)11)4-7(9(16)17)10(12,13)14/h2-5H,1H3/p+1/b7-4-. The molecule has 0 spiro atoms. The number of aliphatic carboxylic acids is 1. The van der Waals surface area contributed by atoms with Crippen LogP contribution in [0.25, 0.3) is 6.08 Å². The predicted octanol–water partition coefficient (Wildman–Crippen LogP) is 2.19. The Labute approximate surface area is 99.8 Å². The van der Waals surface area contributed by atoms with Gasteiger partial charge in [-0.1, -0.05) is 0 Å². The molecule has 7 heteroatoms. The van der Waals surface area contributed by atoms with Crippen molar-refractivity contribution in [3.63, 3.8) is 0 Å². The zero-order valence-corrected chi connectivity index (χ0v) is 9.38. The molecule has 0 bridgehead atoms. The van der Waals surface area contributed by atoms with Crippen LogP contribution in [0.3, 0.4) is 0 Å². The topological polar surface area (TPSA) is 41.2 Å². The van der Waals surface area contributed by atoms with Crippen molar-refractivity contribution in [3.8, 4) is 0 Å². The molecule has 0 amide bonds. The van der Waals surface area contributed by atoms with Gasteiger partial charge in [0.1, 0.15) is 12.6 Å². The van der Waals surface area contributed by atoms with Crippen molar-refractivity contribution < 1.29 is 27.6 Å². The number of carboxylic acids is 1. The van der Waals surface area contributed by atoms with Gasteiger partial charge in [-0.3, -0.25) is 0 Å². The molecule has 0 aliphatic carbocycles. The largest absolute Gasteiger partial charge is 0.478 e. The molecule has 0 saturated carbocycles. The predicted molar refractivity (Wildman–Crippen MR) is 54.3 cm³/mol. The van der Waals surface area contributed by atoms with Crippen LogP contribution in [0.4, 0.5) is 13.2 Å². The third kappa shape index (κ3) is 3.45. The zero-order chi connectivity index (χ0) is 13.2. The highest BCUT2D eigenvalue weighted by atomic mass is 35.5. The summed E-state index contributed by atoms with van der Waals surface area (Å²) < 4.78 is 38.5. The molecule has 1 N–H and O–H groups in total. The van der Waals surface area contributed by atoms with Crippen LogP contribution in [0.5, 0.6) is 0 Å². The lowest BCUT2D eigenvalue weighted by molar-refractivity contribution is -0.669. The summed E-state index contributed by atoms with van der Waals surface area (Å²) in [5.74, 6) is -2.03. The van der Waals surface area contributed by atoms with E-state index in [1.165, 1.54) is 22.9 Å². The molecule has 1 heterocycles. The van der Waals surface area contributed by atoms with Gasteiger partial charge in [-0.2, -0.15) is 17.7 Å². The summed E-state index contributed by atoms with van der Waals surface area (Å²) in [6.07, 6.45) is -2.94. The highest BCUT2D eigenvalue weighted by Crippen LogP contribution is 2.27. The number of rotatable bonds is 2. The van der Waals surface area contributed by atoms with Crippen molar-refractivity contribution in [2.45, 2.75) is 6.18 Å². The van der Waals surface area contributed by atoms with E-state index in [2.05, 4.69) is 0 Å². The summed E-state index contributed by atoms with van der Waals surface area (Å²) >= 11 is 5.70. The summed E-state index contributed by atoms with van der Waals surface area (Å²) in [4.78, 5) is 10.5. The minimum Gasteiger partial charge on any atom is -0.478 e. The van der Waals surface area contributed by atoms with Crippen LogP contribution in [0.2, 0.25) is 5.15 Å². The molecule has 0 aliphatic heterocycles. The van der Waals surface area contributed by atoms with Gasteiger partial charge in [0.15, 0.2) is 6.20 Å². The van der Waals surface area contributed by atoms with Gasteiger partial charge in [0.2, 0.25) is 0 Å². The van der Waals surface area contributed by atoms with Crippen LogP contribution in [0, 0.1) is 0 Å². The average molecular weight is 267 g/mol. The van der Waals surface area contributed by atoms with Gasteiger partial charge in [-0.05, 0) is 23.2 Å². The number of hydrogen-bond donors (Lipinski definition) is 1. The maximum Gasteiger partial charge on any atom is 0.423 e. The summed E-state index contributed by atoms with van der Waals surface area (Å²) in [5.41, 5.74) is -1.56. The number of carboxylic acid groups (broad SMARTS) is 1. The molecule has 0 radical (unpaired) electrons. The van der Waals surface area contributed by atoms with E-state index in [0.29, 0.717) is 6.08 Å². The fourth-order valence-electron chi connectivity index (χ4n) is 1.08. The first-order valence-corrected chi connectivity index (χ1v) is 4.77. The first-order chi connectivity index (χ1) is 7.71. The Morgan fingerprint density at radius 2 is 2.12 bits per heavy atom. The zero-order valence-electron chi connectivity index (χ0n) is 8.62. The van der Waals surface area contributed by atoms with E-state index >= 15 is 0 Å². The quantitative estimate of drug-likeness (QED) is 0.506. The number of aromatic nitrogens is 1. The minimum absolute atomic E-state index is 0.0721. The molecule has 0 unspecified atom stereocenters. The summed E-state index contributed by atoms with van der Waals surface area (Å²) in [6, 6.07) is 2.58. The fraction of sp³-hybridized carbons (Fsp3) is 0.200. The second-order valence-corrected chi connectivity index (χ2v) is 3.64. The molecule has 0 atom stereocenters. The Kier molecular flexibility index (Phi) is 3.77. The lowest BCUT2D eigenvalue weighted by Crippen LogP contribution is -2.28. The third-order valence-electron chi connectivity index (χ3n) is 1.96. The van der Waals surface area contributed by atoms with E-state index in [0.717, 1.165) is 0 Å². The van der Waals surface area contributed by atoms with Gasteiger partial charge in [0, 0.05) is 12.1 Å². The third-order valence-corrected chi connectivity index (χ3v) is 2.34. The molecule has 1 rings (SSSR count). The monoisotopic (exact) mass is 266 g/mol. The Morgan fingerprint density at radius 1 is 1.53 bits per heavy atom. The Balaban J connectivity index is 3.23. The molecule has 3 nitrogen and oxygen atoms in total. The lowest BCUT2D eigenvalue weighted by atomic mass is 10.1. The van der Waals surface area contributed by atoms with E-state index in [1.807, 2.05) is 0 Å². The van der Waals surface area contributed by atoms with Crippen molar-refractivity contribution in [1.82, 2.24) is 0 Å². The number of alkyl halides is 3. The number of halogens is 4. The second kappa shape index (κ2) is 4.75. The molecule has 0 aliphatic rings. The average Bonchev–Trinajstić information content (AvgIpc) is 2.17. The van der Waals surface area contributed by atoms with E-state index < -0.39 is 17.7 Å². The van der Waals surface area contributed by atoms with E-state index in [-0.39, 0.29) is 10.7 Å². The van der Waals surface area contributed by atoms with Gasteiger partial charge in [0.05, 0.1) is 0 Å². The van der Waals surface area contributed by atoms with Crippen LogP contribution in [0.1, 0.15) is 5.56 Å². The smallest absolute Gasteiger partial charge is 0.423 e. The fourth-order valence-corrected chi connectivity index (χ4v) is 1.26. The minimum atomic E-state index is -4.91. The molecule has 0 aromatic carbocycles. The molecule has 0 fully saturated rings. The normalized spacial score (nSPS) is 12.6. The lowest BCUT2D eigenvalue weighted by Gasteiger charge is -2.06. The van der Waals surface area contributed by atoms with Crippen molar-refractivity contribution in [1.29, 1.82) is 0 Å². The molecular formula is C10H8ClF3NO2+. The Hall–Kier alpha value is -1.56. The summed E-state index contributed by atoms with van der Waals surface area (Å²) in [7, 11) is 1.61. The van der Waals surface area contributed by atoms with Crippen LogP contribution in [0.15, 0.2) is 23.9 Å². The number of pyridine rings is 1. The molecule has 92 valence electrons. The number of hydrogen-bond acceptors (Lipinski definition) is 1. The second-order valence-electron chi connectivity index (χ2n) is 3.25. The van der Waals surface area contributed by atoms with Crippen LogP contribution >= 0.6 is 11.6 Å². The maximum atomic E-state index is 12.3. The number of nitrogens with zero attached hydrogens (tertiary/aromatic N) is 1. The van der Waals surface area contributed by atoms with Crippen LogP contribution < -0.4 is 4.57 Å². The van der Waals surface area contributed by atoms with Gasteiger partial charge < -0.3 is 5.11 Å². The first kappa shape index (κ1) is 13.5. The highest BCUT2D eigenvalue weighted by molar-refractivity contribution is 6.28. The van der Waals surface area contributed by atoms with Gasteiger partial charge in [-0.15, -0.1) is 0 Å². The van der Waals surface area contributed by atoms with Crippen LogP contribution in [-0.4, -0.2) is 17.3 Å². The molecular weight excluding hydrogens is 259 g/mol. The Morgan fingerprint density at radius 3 is 2.53 bits per heavy atom. The van der Waals surface area contributed by atoms with E-state index in [4.69, 9.17) is 16.7 Å². The Bertz CT molecular complexity index is 483. The summed E-state index contributed by atoms with van der Waals surface area (Å²) in [6.45, 7) is 0. The van der Waals surface area contributed by atoms with E-state index in [1.54, 1.807) is 7.05 Å². The molecule has 1 aromatic heterocycles. The van der Waals surface area contributed by atoms with Crippen molar-refractivity contribution in [3.05, 3.63) is 34.6 Å². The van der Waals surface area contributed by atoms with E-state index in [9.17, 15) is 18.0 Å². The van der Waals surface area contributed by atoms with Crippen molar-refractivity contribution in [2.24, 2.45) is 7.05 Å². The highest BCUT2D eigenvalue weighted by Gasteiger charge is 2.38. The number of carbonyl (C=O) groups is 1. The van der Waals surface area contributed by atoms with Crippen LogP contribution in [-0.2, 0) is 11.8 Å². The summed E-state index contributed by atoms with van der Waals surface area (Å²) in [5, 5.41) is 8.67. The number of aryl methyl sites for hydroxylation is 1. The van der Waals surface area contributed by atoms with Crippen molar-refractivity contribution >= 4 is 23.6 Å². The van der Waals surface area contributed by atoms with Gasteiger partial charge >= 0.3 is 12.1 Å². The molecule has 1 aromatic rings. The molecule has 0 saturated heterocycles. The molecule has 17 heavy (non-hydrogen) atoms. The maximum absolute atomic E-state index is 12.3. The van der Waals surface area contributed by atoms with Gasteiger partial charge in [0.25, 0.3) is 5.15 Å².